The van der Waals surface area contributed by atoms with Gasteiger partial charge in [-0.15, -0.1) is 0 Å². The zero-order chi connectivity index (χ0) is 23.6. The molecular weight excluding hydrogens is 409 g/mol. The van der Waals surface area contributed by atoms with E-state index in [1.807, 2.05) is 70.2 Å². The maximum absolute atomic E-state index is 12.1. The predicted octanol–water partition coefficient (Wildman–Crippen LogP) is 9.72. The normalized spacial score (nSPS) is 10.8. The van der Waals surface area contributed by atoms with E-state index in [9.17, 15) is 9.18 Å². The van der Waals surface area contributed by atoms with Crippen LogP contribution in [-0.4, -0.2) is 12.0 Å². The Morgan fingerprint density at radius 1 is 1.00 bits per heavy atom. The van der Waals surface area contributed by atoms with Crippen molar-refractivity contribution in [1.82, 2.24) is 0 Å². The van der Waals surface area contributed by atoms with Crippen LogP contribution in [0.1, 0.15) is 95.5 Å². The summed E-state index contributed by atoms with van der Waals surface area (Å²) in [6.07, 6.45) is 6.43. The van der Waals surface area contributed by atoms with Gasteiger partial charge in [0.15, 0.2) is 5.78 Å². The highest BCUT2D eigenvalue weighted by molar-refractivity contribution is 6.30. The second kappa shape index (κ2) is 17.8. The Balaban J connectivity index is 0.000000621. The first-order valence-corrected chi connectivity index (χ1v) is 12.0. The van der Waals surface area contributed by atoms with E-state index in [2.05, 4.69) is 19.2 Å². The van der Waals surface area contributed by atoms with Crippen LogP contribution in [-0.2, 0) is 0 Å². The monoisotopic (exact) mass is 449 g/mol. The maximum atomic E-state index is 12.1. The molecule has 1 unspecified atom stereocenters. The number of benzene rings is 2. The van der Waals surface area contributed by atoms with Gasteiger partial charge in [0.05, 0.1) is 6.17 Å². The molecule has 0 aliphatic heterocycles. The Labute approximate surface area is 194 Å². The highest BCUT2D eigenvalue weighted by Gasteiger charge is 2.06. The summed E-state index contributed by atoms with van der Waals surface area (Å²) < 4.78 is 12.1. The van der Waals surface area contributed by atoms with Crippen LogP contribution in [0.25, 0.3) is 0 Å². The average molecular weight is 450 g/mol. The number of unbranched alkanes of at least 4 members (excludes halogenated alkanes) is 2. The molecular formula is C27H41ClFNO. The number of rotatable bonds is 9. The number of carbonyl (C=O) groups is 1. The summed E-state index contributed by atoms with van der Waals surface area (Å²) in [5.74, 6) is 0.164. The standard InChI is InChI=1S/C16H16ClNO.C6H13F.C5H12/c1-3-16(19)12-7-8-15(11(2)9-12)18-14-6-4-5-13(17)10-14;1-3-5-6(7)4-2;1-3-5-4-2/h4-10,18H,3H2,1-2H3;6H,3-5H2,1-2H3;3-5H2,1-2H3. The molecule has 0 bridgehead atoms. The summed E-state index contributed by atoms with van der Waals surface area (Å²) in [5, 5.41) is 4.00. The third kappa shape index (κ3) is 13.2. The van der Waals surface area contributed by atoms with Crippen LogP contribution in [0.5, 0.6) is 0 Å². The van der Waals surface area contributed by atoms with Gasteiger partial charge in [0.2, 0.25) is 0 Å². The molecule has 31 heavy (non-hydrogen) atoms. The lowest BCUT2D eigenvalue weighted by Crippen LogP contribution is -1.99. The Kier molecular flexibility index (Phi) is 16.7. The summed E-state index contributed by atoms with van der Waals surface area (Å²) in [5.41, 5.74) is 3.72. The van der Waals surface area contributed by atoms with Crippen molar-refractivity contribution in [2.45, 2.75) is 92.7 Å². The Morgan fingerprint density at radius 2 is 1.68 bits per heavy atom. The Bertz CT molecular complexity index is 746. The highest BCUT2D eigenvalue weighted by Crippen LogP contribution is 2.24. The van der Waals surface area contributed by atoms with Crippen molar-refractivity contribution in [3.8, 4) is 0 Å². The fourth-order valence-corrected chi connectivity index (χ4v) is 2.96. The highest BCUT2D eigenvalue weighted by atomic mass is 35.5. The van der Waals surface area contributed by atoms with Crippen molar-refractivity contribution in [2.24, 2.45) is 0 Å². The Morgan fingerprint density at radius 3 is 2.10 bits per heavy atom. The van der Waals surface area contributed by atoms with Crippen molar-refractivity contribution in [3.63, 3.8) is 0 Å². The predicted molar refractivity (Wildman–Crippen MR) is 136 cm³/mol. The molecule has 2 nitrogen and oxygen atoms in total. The zero-order valence-electron chi connectivity index (χ0n) is 20.2. The van der Waals surface area contributed by atoms with Crippen LogP contribution >= 0.6 is 11.6 Å². The van der Waals surface area contributed by atoms with Crippen molar-refractivity contribution in [1.29, 1.82) is 0 Å². The van der Waals surface area contributed by atoms with Gasteiger partial charge in [-0.25, -0.2) is 4.39 Å². The minimum atomic E-state index is -0.551. The third-order valence-electron chi connectivity index (χ3n) is 4.73. The first-order valence-electron chi connectivity index (χ1n) is 11.6. The van der Waals surface area contributed by atoms with E-state index in [-0.39, 0.29) is 5.78 Å². The van der Waals surface area contributed by atoms with Gasteiger partial charge in [-0.3, -0.25) is 4.79 Å². The van der Waals surface area contributed by atoms with Crippen molar-refractivity contribution in [2.75, 3.05) is 5.32 Å². The average Bonchev–Trinajstić information content (AvgIpc) is 2.76. The number of hydrogen-bond donors (Lipinski definition) is 1. The van der Waals surface area contributed by atoms with Crippen LogP contribution in [0, 0.1) is 6.92 Å². The molecule has 0 aliphatic rings. The summed E-state index contributed by atoms with van der Waals surface area (Å²) in [7, 11) is 0. The van der Waals surface area contributed by atoms with Gasteiger partial charge < -0.3 is 5.32 Å². The maximum Gasteiger partial charge on any atom is 0.162 e. The smallest absolute Gasteiger partial charge is 0.162 e. The molecule has 0 saturated heterocycles. The number of aryl methyl sites for hydroxylation is 1. The van der Waals surface area contributed by atoms with E-state index in [1.165, 1.54) is 19.3 Å². The first kappa shape index (κ1) is 29.1. The fraction of sp³-hybridized carbons (Fsp3) is 0.519. The van der Waals surface area contributed by atoms with Crippen LogP contribution in [0.3, 0.4) is 0 Å². The second-order valence-electron chi connectivity index (χ2n) is 7.59. The molecule has 174 valence electrons. The van der Waals surface area contributed by atoms with Gasteiger partial charge in [0, 0.05) is 28.4 Å². The first-order chi connectivity index (χ1) is 14.8. The van der Waals surface area contributed by atoms with Crippen LogP contribution in [0.15, 0.2) is 42.5 Å². The lowest BCUT2D eigenvalue weighted by atomic mass is 10.0. The number of carbonyl (C=O) groups excluding carboxylic acids is 1. The van der Waals surface area contributed by atoms with Crippen molar-refractivity contribution >= 4 is 28.8 Å². The molecule has 0 spiro atoms. The van der Waals surface area contributed by atoms with Gasteiger partial charge in [0.1, 0.15) is 0 Å². The fourth-order valence-electron chi connectivity index (χ4n) is 2.77. The zero-order valence-corrected chi connectivity index (χ0v) is 21.0. The lowest BCUT2D eigenvalue weighted by Gasteiger charge is -2.11. The molecule has 0 radical (unpaired) electrons. The molecule has 4 heteroatoms. The van der Waals surface area contributed by atoms with Crippen molar-refractivity contribution < 1.29 is 9.18 Å². The summed E-state index contributed by atoms with van der Waals surface area (Å²) >= 11 is 5.95. The Hall–Kier alpha value is -1.87. The molecule has 0 aromatic heterocycles. The molecule has 1 atom stereocenters. The molecule has 0 amide bonds. The van der Waals surface area contributed by atoms with Crippen molar-refractivity contribution in [3.05, 3.63) is 58.6 Å². The van der Waals surface area contributed by atoms with Gasteiger partial charge in [0.25, 0.3) is 0 Å². The van der Waals surface area contributed by atoms with E-state index in [1.54, 1.807) is 0 Å². The van der Waals surface area contributed by atoms with Crippen LogP contribution in [0.4, 0.5) is 15.8 Å². The number of Topliss-reactive ketones (excluding diaryl/α,β-unsaturated/α-hetero) is 1. The minimum absolute atomic E-state index is 0.164. The number of halogens is 2. The van der Waals surface area contributed by atoms with E-state index >= 15 is 0 Å². The summed E-state index contributed by atoms with van der Waals surface area (Å²) in [6, 6.07) is 13.3. The molecule has 0 fully saturated rings. The topological polar surface area (TPSA) is 29.1 Å². The largest absolute Gasteiger partial charge is 0.355 e. The molecule has 0 heterocycles. The van der Waals surface area contributed by atoms with Gasteiger partial charge in [-0.1, -0.05) is 78.0 Å². The lowest BCUT2D eigenvalue weighted by molar-refractivity contribution is 0.0988. The minimum Gasteiger partial charge on any atom is -0.355 e. The van der Waals surface area contributed by atoms with E-state index in [0.717, 1.165) is 35.3 Å². The van der Waals surface area contributed by atoms with Gasteiger partial charge in [-0.2, -0.15) is 0 Å². The van der Waals surface area contributed by atoms with E-state index in [4.69, 9.17) is 11.6 Å². The van der Waals surface area contributed by atoms with E-state index < -0.39 is 6.17 Å². The number of hydrogen-bond acceptors (Lipinski definition) is 2. The molecule has 2 aromatic carbocycles. The number of anilines is 2. The second-order valence-corrected chi connectivity index (χ2v) is 8.03. The van der Waals surface area contributed by atoms with Gasteiger partial charge in [-0.05, 0) is 61.7 Å². The van der Waals surface area contributed by atoms with Gasteiger partial charge >= 0.3 is 0 Å². The summed E-state index contributed by atoms with van der Waals surface area (Å²) in [4.78, 5) is 11.6. The van der Waals surface area contributed by atoms with Crippen LogP contribution < -0.4 is 5.32 Å². The SMILES string of the molecule is CCC(=O)c1ccc(Nc2cccc(Cl)c2)c(C)c1.CCCC(F)CC.CCCCC. The molecule has 1 N–H and O–H groups in total. The number of ketones is 1. The molecule has 2 aromatic rings. The third-order valence-corrected chi connectivity index (χ3v) is 4.96. The number of nitrogens with one attached hydrogen (secondary N) is 1. The summed E-state index contributed by atoms with van der Waals surface area (Å²) in [6.45, 7) is 12.2. The number of alkyl halides is 1. The van der Waals surface area contributed by atoms with E-state index in [0.29, 0.717) is 17.9 Å². The van der Waals surface area contributed by atoms with Crippen LogP contribution in [0.2, 0.25) is 5.02 Å². The molecule has 0 saturated carbocycles. The molecule has 0 aliphatic carbocycles. The quantitative estimate of drug-likeness (QED) is 0.386. The molecule has 2 rings (SSSR count).